The number of hydrogen-bond donors (Lipinski definition) is 4. The lowest BCUT2D eigenvalue weighted by molar-refractivity contribution is 1.22. The molecule has 42 valence electrons. The first-order valence-corrected chi connectivity index (χ1v) is 1.81. The molecule has 0 aliphatic carbocycles. The molecule has 2 radical (unpaired) electrons. The summed E-state index contributed by atoms with van der Waals surface area (Å²) < 4.78 is 0. The van der Waals surface area contributed by atoms with Gasteiger partial charge in [0, 0.05) is 0 Å². The molecule has 0 aromatic rings. The zero-order valence-electron chi connectivity index (χ0n) is 4.18. The van der Waals surface area contributed by atoms with Crippen LogP contribution in [0.15, 0.2) is 4.90 Å². The molecule has 0 aliphatic heterocycles. The van der Waals surface area contributed by atoms with Gasteiger partial charge in [0.1, 0.15) is 0 Å². The average Bonchev–Trinajstić information content (AvgIpc) is 1.65. The van der Waals surface area contributed by atoms with Gasteiger partial charge in [-0.25, -0.2) is 0 Å². The van der Waals surface area contributed by atoms with Gasteiger partial charge in [-0.05, 0) is 0 Å². The number of hydrogen-bond acceptors (Lipinski definition) is 2. The Morgan fingerprint density at radius 2 is 2.12 bits per heavy atom. The van der Waals surface area contributed by atoms with Crippen molar-refractivity contribution in [3.8, 4) is 0 Å². The predicted octanol–water partition coefficient (Wildman–Crippen LogP) is -2.13. The Morgan fingerprint density at radius 1 is 1.62 bits per heavy atom. The second-order valence-corrected chi connectivity index (χ2v) is 1.05. The van der Waals surface area contributed by atoms with Crippen molar-refractivity contribution in [3.63, 3.8) is 0 Å². The van der Waals surface area contributed by atoms with Crippen LogP contribution < -0.4 is 16.8 Å². The lowest BCUT2D eigenvalue weighted by Crippen LogP contribution is -2.40. The SMILES string of the molecule is [B]/N=C(\N)NC(=N)N. The molecule has 0 aliphatic rings. The maximum Gasteiger partial charge on any atom is 0.264 e. The van der Waals surface area contributed by atoms with Crippen LogP contribution >= 0.6 is 0 Å². The molecule has 0 saturated carbocycles. The van der Waals surface area contributed by atoms with E-state index >= 15 is 0 Å². The molecule has 0 spiro atoms. The van der Waals surface area contributed by atoms with Crippen molar-refractivity contribution in [1.82, 2.24) is 5.32 Å². The first kappa shape index (κ1) is 6.80. The van der Waals surface area contributed by atoms with Crippen molar-refractivity contribution in [3.05, 3.63) is 0 Å². The second kappa shape index (κ2) is 2.89. The molecule has 0 fully saturated rings. The van der Waals surface area contributed by atoms with Gasteiger partial charge in [-0.2, -0.15) is 0 Å². The van der Waals surface area contributed by atoms with Crippen LogP contribution in [0.1, 0.15) is 0 Å². The topological polar surface area (TPSA) is 100 Å². The fraction of sp³-hybridized carbons (Fsp3) is 0. The summed E-state index contributed by atoms with van der Waals surface area (Å²) in [5.41, 5.74) is 9.79. The highest BCUT2D eigenvalue weighted by molar-refractivity contribution is 6.13. The summed E-state index contributed by atoms with van der Waals surface area (Å²) in [4.78, 5) is 2.99. The Hall–Kier alpha value is -1.20. The van der Waals surface area contributed by atoms with Gasteiger partial charge in [0.05, 0.1) is 0 Å². The maximum atomic E-state index is 6.58. The number of nitrogens with one attached hydrogen (secondary N) is 2. The first-order chi connectivity index (χ1) is 3.66. The molecule has 8 heavy (non-hydrogen) atoms. The Bertz CT molecular complexity index is 118. The van der Waals surface area contributed by atoms with Crippen molar-refractivity contribution in [1.29, 1.82) is 5.41 Å². The fourth-order valence-electron chi connectivity index (χ4n) is 0.170. The summed E-state index contributed by atoms with van der Waals surface area (Å²) in [6, 6.07) is 0. The van der Waals surface area contributed by atoms with Crippen LogP contribution in [0.5, 0.6) is 0 Å². The molecule has 0 bridgehead atoms. The van der Waals surface area contributed by atoms with Crippen molar-refractivity contribution >= 4 is 19.9 Å². The third-order valence-electron chi connectivity index (χ3n) is 0.402. The minimum Gasteiger partial charge on any atom is -0.371 e. The zero-order valence-corrected chi connectivity index (χ0v) is 4.18. The van der Waals surface area contributed by atoms with E-state index in [9.17, 15) is 0 Å². The van der Waals surface area contributed by atoms with Crippen LogP contribution in [-0.2, 0) is 0 Å². The molecule has 0 heterocycles. The third kappa shape index (κ3) is 3.01. The Morgan fingerprint density at radius 3 is 2.25 bits per heavy atom. The van der Waals surface area contributed by atoms with E-state index in [0.29, 0.717) is 0 Å². The summed E-state index contributed by atoms with van der Waals surface area (Å²) in [6.07, 6.45) is 0. The minimum absolute atomic E-state index is 0.0718. The smallest absolute Gasteiger partial charge is 0.264 e. The van der Waals surface area contributed by atoms with Gasteiger partial charge in [0.25, 0.3) is 7.98 Å². The van der Waals surface area contributed by atoms with E-state index in [2.05, 4.69) is 18.2 Å². The molecule has 0 aromatic heterocycles. The highest BCUT2D eigenvalue weighted by atomic mass is 15.1. The standard InChI is InChI=1S/C2H6BN5/c3-8-2(6)7-1(4)5/h(H6,4,5,6,7,8). The van der Waals surface area contributed by atoms with Crippen LogP contribution in [0.4, 0.5) is 0 Å². The van der Waals surface area contributed by atoms with E-state index < -0.39 is 0 Å². The van der Waals surface area contributed by atoms with E-state index in [1.165, 1.54) is 0 Å². The Kier molecular flexibility index (Phi) is 2.46. The van der Waals surface area contributed by atoms with Crippen molar-refractivity contribution in [2.45, 2.75) is 0 Å². The average molecular weight is 111 g/mol. The molecule has 0 atom stereocenters. The van der Waals surface area contributed by atoms with E-state index in [-0.39, 0.29) is 11.9 Å². The van der Waals surface area contributed by atoms with Crippen molar-refractivity contribution in [2.24, 2.45) is 16.4 Å². The third-order valence-corrected chi connectivity index (χ3v) is 0.402. The number of guanidine groups is 2. The summed E-state index contributed by atoms with van der Waals surface area (Å²) in [6.45, 7) is 0. The van der Waals surface area contributed by atoms with Gasteiger partial charge in [-0.3, -0.25) is 10.7 Å². The predicted molar refractivity (Wildman–Crippen MR) is 32.4 cm³/mol. The monoisotopic (exact) mass is 111 g/mol. The van der Waals surface area contributed by atoms with Crippen LogP contribution in [-0.4, -0.2) is 19.9 Å². The Labute approximate surface area is 48.1 Å². The van der Waals surface area contributed by atoms with E-state index in [4.69, 9.17) is 16.9 Å². The molecule has 0 rings (SSSR count). The fourth-order valence-corrected chi connectivity index (χ4v) is 0.170. The first-order valence-electron chi connectivity index (χ1n) is 1.81. The summed E-state index contributed by atoms with van der Waals surface area (Å²) in [5, 5.41) is 8.73. The minimum atomic E-state index is -0.281. The summed E-state index contributed by atoms with van der Waals surface area (Å²) in [5.74, 6) is -0.353. The quantitative estimate of drug-likeness (QED) is 0.163. The lowest BCUT2D eigenvalue weighted by atomic mass is 10.5. The van der Waals surface area contributed by atoms with Gasteiger partial charge in [0.2, 0.25) is 0 Å². The highest BCUT2D eigenvalue weighted by Crippen LogP contribution is 1.52. The highest BCUT2D eigenvalue weighted by Gasteiger charge is 1.85. The van der Waals surface area contributed by atoms with Crippen molar-refractivity contribution in [2.75, 3.05) is 0 Å². The summed E-state index contributed by atoms with van der Waals surface area (Å²) in [7, 11) is 4.67. The normalized spacial score (nSPS) is 10.8. The van der Waals surface area contributed by atoms with Gasteiger partial charge in [-0.15, -0.1) is 0 Å². The largest absolute Gasteiger partial charge is 0.371 e. The zero-order chi connectivity index (χ0) is 6.57. The van der Waals surface area contributed by atoms with Crippen LogP contribution in [0, 0.1) is 5.41 Å². The van der Waals surface area contributed by atoms with Crippen LogP contribution in [0.2, 0.25) is 0 Å². The number of nitrogens with zero attached hydrogens (tertiary/aromatic N) is 1. The molecule has 0 unspecified atom stereocenters. The molecule has 6 N–H and O–H groups in total. The van der Waals surface area contributed by atoms with Crippen molar-refractivity contribution < 1.29 is 0 Å². The molecule has 0 amide bonds. The van der Waals surface area contributed by atoms with Crippen LogP contribution in [0.25, 0.3) is 0 Å². The van der Waals surface area contributed by atoms with E-state index in [1.54, 1.807) is 0 Å². The maximum absolute atomic E-state index is 6.58. The van der Waals surface area contributed by atoms with Gasteiger partial charge in [0.15, 0.2) is 11.9 Å². The molecular formula is C2H6BN5. The Balaban J connectivity index is 3.56. The molecule has 0 saturated heterocycles. The summed E-state index contributed by atoms with van der Waals surface area (Å²) >= 11 is 0. The van der Waals surface area contributed by atoms with Gasteiger partial charge in [-0.1, -0.05) is 0 Å². The molecule has 6 heteroatoms. The second-order valence-electron chi connectivity index (χ2n) is 1.05. The number of rotatable bonds is 0. The molecule has 0 aromatic carbocycles. The van der Waals surface area contributed by atoms with Gasteiger partial charge < -0.3 is 16.4 Å². The molecular weight excluding hydrogens is 105 g/mol. The van der Waals surface area contributed by atoms with Gasteiger partial charge >= 0.3 is 0 Å². The number of nitrogens with two attached hydrogens (primary N) is 2. The van der Waals surface area contributed by atoms with Crippen LogP contribution in [0.3, 0.4) is 0 Å². The van der Waals surface area contributed by atoms with E-state index in [0.717, 1.165) is 0 Å². The van der Waals surface area contributed by atoms with E-state index in [1.807, 2.05) is 0 Å². The lowest BCUT2D eigenvalue weighted by Gasteiger charge is -1.98. The molecule has 5 nitrogen and oxygen atoms in total.